The van der Waals surface area contributed by atoms with E-state index in [0.29, 0.717) is 25.3 Å². The number of nitrogens with zero attached hydrogens (tertiary/aromatic N) is 1. The Bertz CT molecular complexity index is 375. The molecule has 106 valence electrons. The van der Waals surface area contributed by atoms with Crippen molar-refractivity contribution in [2.24, 2.45) is 11.1 Å². The third-order valence-electron chi connectivity index (χ3n) is 2.97. The second-order valence-electron chi connectivity index (χ2n) is 4.53. The molecule has 1 unspecified atom stereocenters. The average Bonchev–Trinajstić information content (AvgIpc) is 2.33. The number of nitrogens with one attached hydrogen (secondary N) is 1. The summed E-state index contributed by atoms with van der Waals surface area (Å²) in [6.07, 6.45) is 2.93. The van der Waals surface area contributed by atoms with E-state index in [1.54, 1.807) is 4.90 Å². The summed E-state index contributed by atoms with van der Waals surface area (Å²) in [7, 11) is -3.65. The van der Waals surface area contributed by atoms with Crippen LogP contribution < -0.4 is 9.86 Å². The van der Waals surface area contributed by atoms with E-state index >= 15 is 0 Å². The molecule has 18 heavy (non-hydrogen) atoms. The van der Waals surface area contributed by atoms with Gasteiger partial charge >= 0.3 is 0 Å². The molecule has 0 spiro atoms. The maximum Gasteiger partial charge on any atom is 0.274 e. The third-order valence-corrected chi connectivity index (χ3v) is 3.81. The number of nitrogens with two attached hydrogens (primary N) is 1. The summed E-state index contributed by atoms with van der Waals surface area (Å²) in [5.74, 6) is 0.712. The van der Waals surface area contributed by atoms with Crippen LogP contribution in [0.1, 0.15) is 25.7 Å². The number of carbonyl (C=O) groups is 1. The zero-order chi connectivity index (χ0) is 13.6. The highest BCUT2D eigenvalue weighted by molar-refractivity contribution is 7.87. The Kier molecular flexibility index (Phi) is 6.34. The van der Waals surface area contributed by atoms with Crippen molar-refractivity contribution in [3.05, 3.63) is 0 Å². The molecule has 1 fully saturated rings. The predicted octanol–water partition coefficient (Wildman–Crippen LogP) is 0.0371. The lowest BCUT2D eigenvalue weighted by Gasteiger charge is -2.32. The Hall–Kier alpha value is -0.370. The minimum atomic E-state index is -3.65. The Balaban J connectivity index is 2.38. The second kappa shape index (κ2) is 7.28. The molecular weight excluding hydrogens is 278 g/mol. The summed E-state index contributed by atoms with van der Waals surface area (Å²) < 4.78 is 23.9. The lowest BCUT2D eigenvalue weighted by molar-refractivity contribution is -0.132. The SMILES string of the molecule is NS(=O)(=O)NCC1CCCN(C(=O)CCCCl)C1. The number of rotatable bonds is 6. The van der Waals surface area contributed by atoms with Crippen LogP contribution in [0, 0.1) is 5.92 Å². The van der Waals surface area contributed by atoms with Gasteiger partial charge < -0.3 is 4.90 Å². The van der Waals surface area contributed by atoms with Crippen molar-refractivity contribution >= 4 is 27.7 Å². The summed E-state index contributed by atoms with van der Waals surface area (Å²) in [5, 5.41) is 4.88. The van der Waals surface area contributed by atoms with Gasteiger partial charge in [-0.25, -0.2) is 9.86 Å². The maximum absolute atomic E-state index is 11.8. The smallest absolute Gasteiger partial charge is 0.274 e. The highest BCUT2D eigenvalue weighted by Gasteiger charge is 2.23. The van der Waals surface area contributed by atoms with Gasteiger partial charge in [0, 0.05) is 31.9 Å². The first kappa shape index (κ1) is 15.7. The van der Waals surface area contributed by atoms with Crippen molar-refractivity contribution in [3.63, 3.8) is 0 Å². The molecular formula is C10H20ClN3O3S. The number of likely N-dealkylation sites (tertiary alicyclic amines) is 1. The number of hydrogen-bond acceptors (Lipinski definition) is 3. The van der Waals surface area contributed by atoms with Gasteiger partial charge in [0.05, 0.1) is 0 Å². The summed E-state index contributed by atoms with van der Waals surface area (Å²) in [6.45, 7) is 1.62. The molecule has 1 amide bonds. The largest absolute Gasteiger partial charge is 0.342 e. The van der Waals surface area contributed by atoms with Crippen molar-refractivity contribution in [3.8, 4) is 0 Å². The molecule has 1 heterocycles. The van der Waals surface area contributed by atoms with E-state index in [-0.39, 0.29) is 18.4 Å². The van der Waals surface area contributed by atoms with E-state index < -0.39 is 10.2 Å². The van der Waals surface area contributed by atoms with Gasteiger partial charge in [-0.2, -0.15) is 8.42 Å². The van der Waals surface area contributed by atoms with E-state index in [1.807, 2.05) is 0 Å². The first-order valence-corrected chi connectivity index (χ1v) is 8.11. The Labute approximate surface area is 113 Å². The van der Waals surface area contributed by atoms with Crippen LogP contribution in [-0.2, 0) is 15.0 Å². The normalized spacial score (nSPS) is 21.0. The van der Waals surface area contributed by atoms with Crippen LogP contribution in [0.5, 0.6) is 0 Å². The number of amides is 1. The molecule has 3 N–H and O–H groups in total. The lowest BCUT2D eigenvalue weighted by atomic mass is 9.98. The highest BCUT2D eigenvalue weighted by atomic mass is 35.5. The number of hydrogen-bond donors (Lipinski definition) is 2. The summed E-state index contributed by atoms with van der Waals surface area (Å²) >= 11 is 5.55. The van der Waals surface area contributed by atoms with Crippen molar-refractivity contribution in [2.75, 3.05) is 25.5 Å². The minimum Gasteiger partial charge on any atom is -0.342 e. The fraction of sp³-hybridized carbons (Fsp3) is 0.900. The first-order chi connectivity index (χ1) is 8.42. The van der Waals surface area contributed by atoms with Gasteiger partial charge in [0.25, 0.3) is 10.2 Å². The zero-order valence-corrected chi connectivity index (χ0v) is 11.8. The van der Waals surface area contributed by atoms with Crippen LogP contribution in [0.25, 0.3) is 0 Å². The Morgan fingerprint density at radius 1 is 1.50 bits per heavy atom. The summed E-state index contributed by atoms with van der Waals surface area (Å²) in [4.78, 5) is 13.6. The lowest BCUT2D eigenvalue weighted by Crippen LogP contribution is -2.44. The maximum atomic E-state index is 11.8. The van der Waals surface area contributed by atoms with Crippen LogP contribution in [0.2, 0.25) is 0 Å². The summed E-state index contributed by atoms with van der Waals surface area (Å²) in [5.41, 5.74) is 0. The standard InChI is InChI=1S/C10H20ClN3O3S/c11-5-1-4-10(15)14-6-2-3-9(8-14)7-13-18(12,16)17/h9,13H,1-8H2,(H2,12,16,17). The van der Waals surface area contributed by atoms with Gasteiger partial charge in [-0.15, -0.1) is 11.6 Å². The molecule has 0 saturated carbocycles. The van der Waals surface area contributed by atoms with Gasteiger partial charge in [0.1, 0.15) is 0 Å². The molecule has 1 atom stereocenters. The van der Waals surface area contributed by atoms with Gasteiger partial charge in [-0.05, 0) is 25.2 Å². The number of halogens is 1. The quantitative estimate of drug-likeness (QED) is 0.678. The van der Waals surface area contributed by atoms with Crippen LogP contribution in [0.15, 0.2) is 0 Å². The fourth-order valence-corrected chi connectivity index (χ4v) is 2.67. The second-order valence-corrected chi connectivity index (χ2v) is 6.29. The molecule has 1 aliphatic rings. The molecule has 1 aliphatic heterocycles. The number of carbonyl (C=O) groups excluding carboxylic acids is 1. The fourth-order valence-electron chi connectivity index (χ4n) is 2.07. The molecule has 0 bridgehead atoms. The van der Waals surface area contributed by atoms with Gasteiger partial charge in [-0.3, -0.25) is 4.79 Å². The Morgan fingerprint density at radius 2 is 2.22 bits per heavy atom. The predicted molar refractivity (Wildman–Crippen MR) is 70.4 cm³/mol. The van der Waals surface area contributed by atoms with Crippen LogP contribution in [0.3, 0.4) is 0 Å². The number of alkyl halides is 1. The molecule has 6 nitrogen and oxygen atoms in total. The number of piperidine rings is 1. The van der Waals surface area contributed by atoms with Crippen LogP contribution >= 0.6 is 11.6 Å². The van der Waals surface area contributed by atoms with E-state index in [2.05, 4.69) is 4.72 Å². The van der Waals surface area contributed by atoms with E-state index in [4.69, 9.17) is 16.7 Å². The van der Waals surface area contributed by atoms with Gasteiger partial charge in [0.15, 0.2) is 0 Å². The molecule has 0 aromatic rings. The molecule has 0 aromatic heterocycles. The van der Waals surface area contributed by atoms with Crippen molar-refractivity contribution in [1.29, 1.82) is 0 Å². The van der Waals surface area contributed by atoms with Crippen molar-refractivity contribution < 1.29 is 13.2 Å². The van der Waals surface area contributed by atoms with Crippen molar-refractivity contribution in [2.45, 2.75) is 25.7 Å². The topological polar surface area (TPSA) is 92.5 Å². The Morgan fingerprint density at radius 3 is 2.83 bits per heavy atom. The van der Waals surface area contributed by atoms with Crippen LogP contribution in [-0.4, -0.2) is 44.7 Å². The van der Waals surface area contributed by atoms with E-state index in [9.17, 15) is 13.2 Å². The van der Waals surface area contributed by atoms with Gasteiger partial charge in [-0.1, -0.05) is 0 Å². The van der Waals surface area contributed by atoms with Crippen LogP contribution in [0.4, 0.5) is 0 Å². The molecule has 1 rings (SSSR count). The van der Waals surface area contributed by atoms with E-state index in [0.717, 1.165) is 19.4 Å². The minimum absolute atomic E-state index is 0.0935. The van der Waals surface area contributed by atoms with Gasteiger partial charge in [0.2, 0.25) is 5.91 Å². The molecule has 0 aliphatic carbocycles. The third kappa shape index (κ3) is 5.99. The van der Waals surface area contributed by atoms with E-state index in [1.165, 1.54) is 0 Å². The monoisotopic (exact) mass is 297 g/mol. The molecule has 0 aromatic carbocycles. The molecule has 8 heteroatoms. The highest BCUT2D eigenvalue weighted by Crippen LogP contribution is 2.17. The first-order valence-electron chi connectivity index (χ1n) is 6.03. The molecule has 1 saturated heterocycles. The van der Waals surface area contributed by atoms with Crippen molar-refractivity contribution in [1.82, 2.24) is 9.62 Å². The summed E-state index contributed by atoms with van der Waals surface area (Å²) in [6, 6.07) is 0. The zero-order valence-electron chi connectivity index (χ0n) is 10.3. The molecule has 0 radical (unpaired) electrons. The average molecular weight is 298 g/mol.